The molecule has 1 atom stereocenters. The van der Waals surface area contributed by atoms with Crippen molar-refractivity contribution in [2.75, 3.05) is 6.54 Å². The summed E-state index contributed by atoms with van der Waals surface area (Å²) in [6, 6.07) is 7.67. The van der Waals surface area contributed by atoms with Gasteiger partial charge >= 0.3 is 0 Å². The van der Waals surface area contributed by atoms with Crippen LogP contribution in [-0.4, -0.2) is 23.7 Å². The molecule has 1 amide bonds. The fourth-order valence-corrected chi connectivity index (χ4v) is 1.62. The molecule has 0 aromatic heterocycles. The number of hydrogen-bond acceptors (Lipinski definition) is 2. The number of nitrogens with one attached hydrogen (secondary N) is 1. The third kappa shape index (κ3) is 4.49. The van der Waals surface area contributed by atoms with E-state index in [2.05, 4.69) is 26.1 Å². The number of aliphatic hydroxyl groups is 1. The summed E-state index contributed by atoms with van der Waals surface area (Å²) >= 11 is 0. The average molecular weight is 249 g/mol. The predicted octanol–water partition coefficient (Wildman–Crippen LogP) is 2.48. The van der Waals surface area contributed by atoms with Crippen LogP contribution in [0, 0.1) is 0 Å². The van der Waals surface area contributed by atoms with E-state index in [0.717, 1.165) is 0 Å². The number of benzene rings is 1. The van der Waals surface area contributed by atoms with E-state index in [1.165, 1.54) is 5.56 Å². The second-order valence-electron chi connectivity index (χ2n) is 5.72. The molecule has 2 N–H and O–H groups in total. The number of amides is 1. The monoisotopic (exact) mass is 249 g/mol. The Kier molecular flexibility index (Phi) is 4.91. The molecule has 0 aliphatic rings. The minimum Gasteiger partial charge on any atom is -0.393 e. The molecule has 1 aromatic rings. The maximum atomic E-state index is 11.8. The van der Waals surface area contributed by atoms with Crippen LogP contribution in [0.5, 0.6) is 0 Å². The highest BCUT2D eigenvalue weighted by Gasteiger charge is 2.14. The number of carbonyl (C=O) groups is 1. The van der Waals surface area contributed by atoms with Crippen molar-refractivity contribution in [2.24, 2.45) is 0 Å². The van der Waals surface area contributed by atoms with Crippen LogP contribution in [0.3, 0.4) is 0 Å². The first-order valence-corrected chi connectivity index (χ1v) is 6.37. The van der Waals surface area contributed by atoms with Gasteiger partial charge in [0.1, 0.15) is 0 Å². The molecule has 18 heavy (non-hydrogen) atoms. The van der Waals surface area contributed by atoms with Crippen molar-refractivity contribution >= 4 is 5.91 Å². The minimum absolute atomic E-state index is 0.0869. The van der Waals surface area contributed by atoms with Crippen LogP contribution in [0.4, 0.5) is 0 Å². The van der Waals surface area contributed by atoms with Crippen LogP contribution in [0.15, 0.2) is 24.3 Å². The van der Waals surface area contributed by atoms with Crippen molar-refractivity contribution in [1.82, 2.24) is 5.32 Å². The van der Waals surface area contributed by atoms with Gasteiger partial charge in [-0.1, -0.05) is 32.9 Å². The molecule has 1 aromatic carbocycles. The first-order valence-electron chi connectivity index (χ1n) is 6.37. The van der Waals surface area contributed by atoms with Crippen molar-refractivity contribution in [3.8, 4) is 0 Å². The fourth-order valence-electron chi connectivity index (χ4n) is 1.62. The van der Waals surface area contributed by atoms with Gasteiger partial charge in [-0.3, -0.25) is 4.79 Å². The third-order valence-electron chi connectivity index (χ3n) is 2.86. The van der Waals surface area contributed by atoms with Crippen molar-refractivity contribution < 1.29 is 9.90 Å². The number of rotatable bonds is 4. The van der Waals surface area contributed by atoms with Gasteiger partial charge in [0, 0.05) is 12.1 Å². The lowest BCUT2D eigenvalue weighted by Gasteiger charge is -2.19. The van der Waals surface area contributed by atoms with Gasteiger partial charge in [0.2, 0.25) is 0 Å². The second-order valence-corrected chi connectivity index (χ2v) is 5.72. The van der Waals surface area contributed by atoms with Gasteiger partial charge in [-0.25, -0.2) is 0 Å². The molecule has 0 saturated carbocycles. The smallest absolute Gasteiger partial charge is 0.251 e. The predicted molar refractivity (Wildman–Crippen MR) is 73.8 cm³/mol. The van der Waals surface area contributed by atoms with Crippen LogP contribution in [0.1, 0.15) is 50.0 Å². The van der Waals surface area contributed by atoms with Gasteiger partial charge in [-0.15, -0.1) is 0 Å². The van der Waals surface area contributed by atoms with E-state index < -0.39 is 0 Å². The molecule has 1 rings (SSSR count). The van der Waals surface area contributed by atoms with E-state index >= 15 is 0 Å². The SMILES string of the molecule is CC(O)CCNC(=O)c1ccc(C(C)(C)C)cc1. The number of hydrogen-bond donors (Lipinski definition) is 2. The van der Waals surface area contributed by atoms with E-state index in [0.29, 0.717) is 18.5 Å². The van der Waals surface area contributed by atoms with E-state index in [1.807, 2.05) is 24.3 Å². The Morgan fingerprint density at radius 2 is 1.83 bits per heavy atom. The van der Waals surface area contributed by atoms with E-state index in [-0.39, 0.29) is 17.4 Å². The van der Waals surface area contributed by atoms with Crippen LogP contribution in [-0.2, 0) is 5.41 Å². The molecule has 100 valence electrons. The lowest BCUT2D eigenvalue weighted by molar-refractivity contribution is 0.0945. The molecule has 0 bridgehead atoms. The second kappa shape index (κ2) is 6.01. The molecule has 0 heterocycles. The zero-order valence-corrected chi connectivity index (χ0v) is 11.7. The largest absolute Gasteiger partial charge is 0.393 e. The zero-order chi connectivity index (χ0) is 13.8. The standard InChI is InChI=1S/C15H23NO2/c1-11(17)9-10-16-14(18)12-5-7-13(8-6-12)15(2,3)4/h5-8,11,17H,9-10H2,1-4H3,(H,16,18). The Hall–Kier alpha value is -1.35. The normalized spacial score (nSPS) is 13.2. The summed E-state index contributed by atoms with van der Waals surface area (Å²) in [5.41, 5.74) is 1.97. The van der Waals surface area contributed by atoms with Gasteiger partial charge in [-0.2, -0.15) is 0 Å². The molecule has 1 unspecified atom stereocenters. The van der Waals surface area contributed by atoms with Crippen molar-refractivity contribution in [3.63, 3.8) is 0 Å². The van der Waals surface area contributed by atoms with Gasteiger partial charge in [0.25, 0.3) is 5.91 Å². The van der Waals surface area contributed by atoms with E-state index in [9.17, 15) is 4.79 Å². The Balaban J connectivity index is 2.60. The molecule has 0 fully saturated rings. The van der Waals surface area contributed by atoms with E-state index in [1.54, 1.807) is 6.92 Å². The third-order valence-corrected chi connectivity index (χ3v) is 2.86. The summed E-state index contributed by atoms with van der Waals surface area (Å²) in [5, 5.41) is 11.9. The average Bonchev–Trinajstić information content (AvgIpc) is 2.27. The molecule has 0 spiro atoms. The first kappa shape index (κ1) is 14.7. The Morgan fingerprint density at radius 3 is 2.28 bits per heavy atom. The van der Waals surface area contributed by atoms with Crippen LogP contribution in [0.2, 0.25) is 0 Å². The summed E-state index contributed by atoms with van der Waals surface area (Å²) < 4.78 is 0. The quantitative estimate of drug-likeness (QED) is 0.861. The van der Waals surface area contributed by atoms with Crippen molar-refractivity contribution in [2.45, 2.75) is 45.6 Å². The summed E-state index contributed by atoms with van der Waals surface area (Å²) in [6.07, 6.45) is 0.194. The highest BCUT2D eigenvalue weighted by molar-refractivity contribution is 5.94. The van der Waals surface area contributed by atoms with Crippen LogP contribution in [0.25, 0.3) is 0 Å². The summed E-state index contributed by atoms with van der Waals surface area (Å²) in [5.74, 6) is -0.0869. The molecule has 0 saturated heterocycles. The highest BCUT2D eigenvalue weighted by atomic mass is 16.3. The van der Waals surface area contributed by atoms with Crippen molar-refractivity contribution in [3.05, 3.63) is 35.4 Å². The van der Waals surface area contributed by atoms with Crippen LogP contribution < -0.4 is 5.32 Å². The first-order chi connectivity index (χ1) is 8.30. The lowest BCUT2D eigenvalue weighted by atomic mass is 9.87. The van der Waals surface area contributed by atoms with Gasteiger partial charge in [0.15, 0.2) is 0 Å². The molecule has 0 aliphatic heterocycles. The Bertz CT molecular complexity index is 388. The van der Waals surface area contributed by atoms with Crippen molar-refractivity contribution in [1.29, 1.82) is 0 Å². The fraction of sp³-hybridized carbons (Fsp3) is 0.533. The van der Waals surface area contributed by atoms with Gasteiger partial charge in [-0.05, 0) is 36.5 Å². The topological polar surface area (TPSA) is 49.3 Å². The zero-order valence-electron chi connectivity index (χ0n) is 11.7. The highest BCUT2D eigenvalue weighted by Crippen LogP contribution is 2.22. The van der Waals surface area contributed by atoms with E-state index in [4.69, 9.17) is 5.11 Å². The molecule has 3 nitrogen and oxygen atoms in total. The number of aliphatic hydroxyl groups excluding tert-OH is 1. The molecular formula is C15H23NO2. The maximum absolute atomic E-state index is 11.8. The number of carbonyl (C=O) groups excluding carboxylic acids is 1. The maximum Gasteiger partial charge on any atom is 0.251 e. The Morgan fingerprint density at radius 1 is 1.28 bits per heavy atom. The van der Waals surface area contributed by atoms with Gasteiger partial charge < -0.3 is 10.4 Å². The lowest BCUT2D eigenvalue weighted by Crippen LogP contribution is -2.26. The molecular weight excluding hydrogens is 226 g/mol. The summed E-state index contributed by atoms with van der Waals surface area (Å²) in [7, 11) is 0. The summed E-state index contributed by atoms with van der Waals surface area (Å²) in [4.78, 5) is 11.8. The van der Waals surface area contributed by atoms with Crippen LogP contribution >= 0.6 is 0 Å². The molecule has 0 aliphatic carbocycles. The Labute approximate surface area is 109 Å². The van der Waals surface area contributed by atoms with Gasteiger partial charge in [0.05, 0.1) is 6.10 Å². The molecule has 3 heteroatoms. The summed E-state index contributed by atoms with van der Waals surface area (Å²) in [6.45, 7) is 8.64. The minimum atomic E-state index is -0.381. The molecule has 0 radical (unpaired) electrons.